The van der Waals surface area contributed by atoms with Crippen LogP contribution in [0.25, 0.3) is 0 Å². The molecule has 0 aliphatic rings. The molecule has 1 amide bonds. The van der Waals surface area contributed by atoms with Crippen molar-refractivity contribution in [1.82, 2.24) is 15.0 Å². The van der Waals surface area contributed by atoms with Crippen molar-refractivity contribution in [2.24, 2.45) is 0 Å². The van der Waals surface area contributed by atoms with Crippen molar-refractivity contribution < 1.29 is 22.7 Å². The molecular weight excluding hydrogens is 336 g/mol. The smallest absolute Gasteiger partial charge is 0.407 e. The molecule has 0 saturated carbocycles. The summed E-state index contributed by atoms with van der Waals surface area (Å²) in [6.07, 6.45) is 1.66. The van der Waals surface area contributed by atoms with Gasteiger partial charge in [0.1, 0.15) is 22.1 Å². The van der Waals surface area contributed by atoms with Crippen LogP contribution in [-0.2, 0) is 14.8 Å². The fourth-order valence-electron chi connectivity index (χ4n) is 1.63. The Bertz CT molecular complexity index is 735. The molecule has 1 rings (SSSR count). The van der Waals surface area contributed by atoms with E-state index in [1.54, 1.807) is 26.8 Å². The lowest BCUT2D eigenvalue weighted by molar-refractivity contribution is 0.0529. The number of ether oxygens (including phenoxy) is 2. The molecule has 0 aliphatic carbocycles. The zero-order valence-electron chi connectivity index (χ0n) is 13.9. The topological polar surface area (TPSA) is 130 Å². The quantitative estimate of drug-likeness (QED) is 0.720. The standard InChI is InChI=1S/C14H20N4O5S/c1-14(2,3)23-13(19)17-5-6-18-24(20,21)12-9-16-8-11(22-4)10(12)7-15/h8-9,18H,5-6H2,1-4H3,(H,17,19). The highest BCUT2D eigenvalue weighted by Gasteiger charge is 2.22. The molecule has 1 heterocycles. The number of hydrogen-bond donors (Lipinski definition) is 2. The SMILES string of the molecule is COc1cncc(S(=O)(=O)NCCNC(=O)OC(C)(C)C)c1C#N. The molecular formula is C14H20N4O5S. The summed E-state index contributed by atoms with van der Waals surface area (Å²) in [5.74, 6) is 0.0623. The fraction of sp³-hybridized carbons (Fsp3) is 0.500. The number of hydrogen-bond acceptors (Lipinski definition) is 7. The van der Waals surface area contributed by atoms with E-state index < -0.39 is 21.7 Å². The van der Waals surface area contributed by atoms with Crippen molar-refractivity contribution in [3.8, 4) is 11.8 Å². The highest BCUT2D eigenvalue weighted by atomic mass is 32.2. The number of amides is 1. The average molecular weight is 356 g/mol. The van der Waals surface area contributed by atoms with E-state index in [0.717, 1.165) is 6.20 Å². The molecule has 24 heavy (non-hydrogen) atoms. The number of alkyl carbamates (subject to hydrolysis) is 1. The minimum atomic E-state index is -3.98. The van der Waals surface area contributed by atoms with Crippen LogP contribution in [0.2, 0.25) is 0 Å². The lowest BCUT2D eigenvalue weighted by Crippen LogP contribution is -2.38. The van der Waals surface area contributed by atoms with Gasteiger partial charge in [-0.2, -0.15) is 5.26 Å². The predicted octanol–water partition coefficient (Wildman–Crippen LogP) is 0.765. The number of nitrogens with one attached hydrogen (secondary N) is 2. The highest BCUT2D eigenvalue weighted by molar-refractivity contribution is 7.89. The number of rotatable bonds is 6. The monoisotopic (exact) mass is 356 g/mol. The summed E-state index contributed by atoms with van der Waals surface area (Å²) in [6.45, 7) is 5.09. The number of sulfonamides is 1. The van der Waals surface area contributed by atoms with Gasteiger partial charge in [0.05, 0.1) is 13.3 Å². The van der Waals surface area contributed by atoms with Crippen LogP contribution in [0, 0.1) is 11.3 Å². The van der Waals surface area contributed by atoms with Crippen LogP contribution >= 0.6 is 0 Å². The van der Waals surface area contributed by atoms with Gasteiger partial charge in [-0.25, -0.2) is 17.9 Å². The Labute approximate surface area is 141 Å². The first-order valence-corrected chi connectivity index (χ1v) is 8.47. The number of nitrogens with zero attached hydrogens (tertiary/aromatic N) is 2. The molecule has 0 aromatic carbocycles. The molecule has 2 N–H and O–H groups in total. The number of pyridine rings is 1. The maximum Gasteiger partial charge on any atom is 0.407 e. The van der Waals surface area contributed by atoms with E-state index in [-0.39, 0.29) is 29.3 Å². The largest absolute Gasteiger partial charge is 0.494 e. The van der Waals surface area contributed by atoms with Gasteiger partial charge >= 0.3 is 6.09 Å². The Morgan fingerprint density at radius 2 is 2.00 bits per heavy atom. The highest BCUT2D eigenvalue weighted by Crippen LogP contribution is 2.23. The summed E-state index contributed by atoms with van der Waals surface area (Å²) in [4.78, 5) is 14.9. The Morgan fingerprint density at radius 3 is 2.54 bits per heavy atom. The van der Waals surface area contributed by atoms with Gasteiger partial charge in [-0.15, -0.1) is 0 Å². The third-order valence-corrected chi connectivity index (χ3v) is 4.06. The second-order valence-electron chi connectivity index (χ2n) is 5.65. The minimum Gasteiger partial charge on any atom is -0.494 e. The third-order valence-electron chi connectivity index (χ3n) is 2.58. The Hall–Kier alpha value is -2.38. The summed E-state index contributed by atoms with van der Waals surface area (Å²) in [5.41, 5.74) is -0.780. The van der Waals surface area contributed by atoms with Gasteiger partial charge in [0, 0.05) is 19.3 Å². The van der Waals surface area contributed by atoms with E-state index in [1.165, 1.54) is 13.3 Å². The number of carbonyl (C=O) groups is 1. The Balaban J connectivity index is 2.69. The first-order chi connectivity index (χ1) is 11.1. The summed E-state index contributed by atoms with van der Waals surface area (Å²) in [7, 11) is -2.66. The van der Waals surface area contributed by atoms with Crippen LogP contribution in [0.15, 0.2) is 17.3 Å². The first-order valence-electron chi connectivity index (χ1n) is 6.99. The molecule has 0 aliphatic heterocycles. The number of carbonyl (C=O) groups excluding carboxylic acids is 1. The van der Waals surface area contributed by atoms with Crippen LogP contribution < -0.4 is 14.8 Å². The maximum absolute atomic E-state index is 12.3. The molecule has 0 fully saturated rings. The van der Waals surface area contributed by atoms with Crippen LogP contribution in [0.4, 0.5) is 4.79 Å². The number of aromatic nitrogens is 1. The van der Waals surface area contributed by atoms with Crippen molar-refractivity contribution in [2.75, 3.05) is 20.2 Å². The van der Waals surface area contributed by atoms with E-state index >= 15 is 0 Å². The predicted molar refractivity (Wildman–Crippen MR) is 84.9 cm³/mol. The fourth-order valence-corrected chi connectivity index (χ4v) is 2.77. The van der Waals surface area contributed by atoms with Gasteiger partial charge in [0.25, 0.3) is 0 Å². The summed E-state index contributed by atoms with van der Waals surface area (Å²) in [5, 5.41) is 11.5. The van der Waals surface area contributed by atoms with Gasteiger partial charge in [0.2, 0.25) is 10.0 Å². The maximum atomic E-state index is 12.3. The molecule has 0 saturated heterocycles. The lowest BCUT2D eigenvalue weighted by Gasteiger charge is -2.19. The molecule has 132 valence electrons. The van der Waals surface area contributed by atoms with Crippen LogP contribution in [0.1, 0.15) is 26.3 Å². The van der Waals surface area contributed by atoms with E-state index in [2.05, 4.69) is 15.0 Å². The van der Waals surface area contributed by atoms with E-state index in [4.69, 9.17) is 14.7 Å². The van der Waals surface area contributed by atoms with Gasteiger partial charge in [-0.05, 0) is 20.8 Å². The van der Waals surface area contributed by atoms with E-state index in [0.29, 0.717) is 0 Å². The van der Waals surface area contributed by atoms with Crippen molar-refractivity contribution in [3.63, 3.8) is 0 Å². The van der Waals surface area contributed by atoms with Crippen LogP contribution in [0.3, 0.4) is 0 Å². The summed E-state index contributed by atoms with van der Waals surface area (Å²) >= 11 is 0. The van der Waals surface area contributed by atoms with Crippen molar-refractivity contribution in [3.05, 3.63) is 18.0 Å². The van der Waals surface area contributed by atoms with Crippen LogP contribution in [-0.4, -0.2) is 45.3 Å². The van der Waals surface area contributed by atoms with Gasteiger partial charge < -0.3 is 14.8 Å². The Kier molecular flexibility index (Phi) is 6.51. The number of methoxy groups -OCH3 is 1. The Morgan fingerprint density at radius 1 is 1.33 bits per heavy atom. The molecule has 10 heteroatoms. The zero-order chi connectivity index (χ0) is 18.4. The number of nitriles is 1. The molecule has 0 unspecified atom stereocenters. The second-order valence-corrected chi connectivity index (χ2v) is 7.39. The minimum absolute atomic E-state index is 0.0213. The van der Waals surface area contributed by atoms with Gasteiger partial charge in [-0.3, -0.25) is 4.98 Å². The van der Waals surface area contributed by atoms with Crippen molar-refractivity contribution in [2.45, 2.75) is 31.3 Å². The van der Waals surface area contributed by atoms with Crippen molar-refractivity contribution in [1.29, 1.82) is 5.26 Å². The molecule has 1 aromatic rings. The average Bonchev–Trinajstić information content (AvgIpc) is 2.49. The van der Waals surface area contributed by atoms with Crippen molar-refractivity contribution >= 4 is 16.1 Å². The molecule has 0 radical (unpaired) electrons. The molecule has 0 atom stereocenters. The van der Waals surface area contributed by atoms with Gasteiger partial charge in [-0.1, -0.05) is 0 Å². The van der Waals surface area contributed by atoms with Gasteiger partial charge in [0.15, 0.2) is 5.75 Å². The zero-order valence-corrected chi connectivity index (χ0v) is 14.7. The van der Waals surface area contributed by atoms with Crippen LogP contribution in [0.5, 0.6) is 5.75 Å². The van der Waals surface area contributed by atoms with E-state index in [1.807, 2.05) is 0 Å². The normalized spacial score (nSPS) is 11.5. The first kappa shape index (κ1) is 19.7. The molecule has 0 bridgehead atoms. The molecule has 9 nitrogen and oxygen atoms in total. The summed E-state index contributed by atoms with van der Waals surface area (Å²) in [6, 6.07) is 1.78. The van der Waals surface area contributed by atoms with E-state index in [9.17, 15) is 13.2 Å². The second kappa shape index (κ2) is 7.94. The molecule has 0 spiro atoms. The molecule has 1 aromatic heterocycles. The summed E-state index contributed by atoms with van der Waals surface area (Å²) < 4.78 is 36.7. The third kappa shape index (κ3) is 5.68. The lowest BCUT2D eigenvalue weighted by atomic mass is 10.2.